The maximum atomic E-state index is 13.2. The van der Waals surface area contributed by atoms with Gasteiger partial charge in [0.2, 0.25) is 5.91 Å². The van der Waals surface area contributed by atoms with E-state index in [0.717, 1.165) is 35.3 Å². The van der Waals surface area contributed by atoms with Crippen LogP contribution in [0, 0.1) is 0 Å². The zero-order valence-electron chi connectivity index (χ0n) is 22.0. The first kappa shape index (κ1) is 28.3. The molecule has 9 nitrogen and oxygen atoms in total. The summed E-state index contributed by atoms with van der Waals surface area (Å²) in [7, 11) is -2.55. The van der Waals surface area contributed by atoms with Gasteiger partial charge in [0, 0.05) is 31.6 Å². The fraction of sp³-hybridized carbons (Fsp3) is 0.429. The summed E-state index contributed by atoms with van der Waals surface area (Å²) in [4.78, 5) is 43.8. The molecule has 40 heavy (non-hydrogen) atoms. The average Bonchev–Trinajstić information content (AvgIpc) is 3.64. The molecule has 2 fully saturated rings. The molecule has 2 aliphatic rings. The van der Waals surface area contributed by atoms with Gasteiger partial charge in [0.05, 0.1) is 35.7 Å². The fourth-order valence-electron chi connectivity index (χ4n) is 4.52. The van der Waals surface area contributed by atoms with Crippen LogP contribution in [0.15, 0.2) is 42.5 Å². The number of carbonyl (C=O) groups excluding carboxylic acids is 3. The molecule has 5 rings (SSSR count). The lowest BCUT2D eigenvalue weighted by Crippen LogP contribution is -2.51. The number of methoxy groups -OCH3 is 1. The van der Waals surface area contributed by atoms with Gasteiger partial charge in [-0.15, -0.1) is 11.3 Å². The minimum absolute atomic E-state index is 0.0616. The number of carbonyl (C=O) groups is 3. The predicted molar refractivity (Wildman–Crippen MR) is 150 cm³/mol. The highest BCUT2D eigenvalue weighted by Crippen LogP contribution is 2.35. The second kappa shape index (κ2) is 11.7. The highest BCUT2D eigenvalue weighted by atomic mass is 32.2. The van der Waals surface area contributed by atoms with Gasteiger partial charge in [0.25, 0.3) is 5.91 Å². The van der Waals surface area contributed by atoms with Crippen molar-refractivity contribution in [1.29, 1.82) is 0 Å². The van der Waals surface area contributed by atoms with E-state index in [9.17, 15) is 27.2 Å². The number of ether oxygens (including phenoxy) is 1. The quantitative estimate of drug-likeness (QED) is 0.344. The molecule has 1 N–H and O–H groups in total. The highest BCUT2D eigenvalue weighted by Gasteiger charge is 2.37. The van der Waals surface area contributed by atoms with Crippen LogP contribution in [0.5, 0.6) is 0 Å². The third-order valence-corrected chi connectivity index (χ3v) is 10.2. The Morgan fingerprint density at radius 2 is 1.80 bits per heavy atom. The molecular formula is C28H30FN3O6S2. The number of ketones is 1. The monoisotopic (exact) mass is 587 g/mol. The van der Waals surface area contributed by atoms with Crippen molar-refractivity contribution < 1.29 is 31.9 Å². The van der Waals surface area contributed by atoms with Gasteiger partial charge in [0.15, 0.2) is 20.9 Å². The molecule has 1 aliphatic heterocycles. The molecule has 1 aliphatic carbocycles. The molecule has 2 amide bonds. The summed E-state index contributed by atoms with van der Waals surface area (Å²) in [5, 5.41) is 1.50. The number of sulfone groups is 1. The number of hydrogen-bond acceptors (Lipinski definition) is 8. The Morgan fingerprint density at radius 3 is 2.45 bits per heavy atom. The zero-order chi connectivity index (χ0) is 28.4. The Labute approximate surface area is 235 Å². The summed E-state index contributed by atoms with van der Waals surface area (Å²) < 4.78 is 45.2. The Balaban J connectivity index is 1.37. The van der Waals surface area contributed by atoms with Crippen molar-refractivity contribution in [3.8, 4) is 11.1 Å². The summed E-state index contributed by atoms with van der Waals surface area (Å²) in [6, 6.07) is 12.6. The number of alkyl halides is 1. The summed E-state index contributed by atoms with van der Waals surface area (Å²) in [5.41, 5.74) is 2.70. The molecule has 1 aromatic heterocycles. The molecule has 0 bridgehead atoms. The van der Waals surface area contributed by atoms with E-state index in [1.807, 2.05) is 12.1 Å². The minimum Gasteiger partial charge on any atom is -0.384 e. The van der Waals surface area contributed by atoms with Gasteiger partial charge in [-0.3, -0.25) is 14.4 Å². The second-order valence-corrected chi connectivity index (χ2v) is 13.4. The van der Waals surface area contributed by atoms with E-state index >= 15 is 0 Å². The molecule has 0 radical (unpaired) electrons. The number of aromatic nitrogens is 1. The summed E-state index contributed by atoms with van der Waals surface area (Å²) >= 11 is 1.13. The van der Waals surface area contributed by atoms with Gasteiger partial charge in [-0.1, -0.05) is 18.2 Å². The highest BCUT2D eigenvalue weighted by molar-refractivity contribution is 7.92. The lowest BCUT2D eigenvalue weighted by molar-refractivity contribution is -0.125. The first-order valence-corrected chi connectivity index (χ1v) is 15.6. The minimum atomic E-state index is -3.94. The number of fused-ring (bicyclic) bond motifs is 1. The maximum Gasteiger partial charge on any atom is 0.254 e. The van der Waals surface area contributed by atoms with Crippen molar-refractivity contribution in [2.24, 2.45) is 0 Å². The van der Waals surface area contributed by atoms with Crippen LogP contribution >= 0.6 is 11.3 Å². The Morgan fingerprint density at radius 1 is 1.10 bits per heavy atom. The summed E-state index contributed by atoms with van der Waals surface area (Å²) in [5.74, 6) is -1.38. The van der Waals surface area contributed by atoms with Crippen molar-refractivity contribution in [2.45, 2.75) is 43.1 Å². The van der Waals surface area contributed by atoms with E-state index in [0.29, 0.717) is 15.8 Å². The maximum absolute atomic E-state index is 13.2. The van der Waals surface area contributed by atoms with Crippen LogP contribution in [0.4, 0.5) is 4.39 Å². The van der Waals surface area contributed by atoms with E-state index in [1.165, 1.54) is 12.0 Å². The molecule has 3 aromatic rings. The molecular weight excluding hydrogens is 557 g/mol. The average molecular weight is 588 g/mol. The van der Waals surface area contributed by atoms with Crippen LogP contribution in [-0.4, -0.2) is 80.7 Å². The first-order valence-electron chi connectivity index (χ1n) is 13.1. The molecule has 12 heteroatoms. The standard InChI is InChI=1S/C28H30FN3O6S2/c1-38-12-13-40(36,37)26(23(33)10-11-25(34)30-21-7-8-21)27-31-22-9-6-19(14-24(22)39-27)17-2-4-18(5-3-17)28(35)32-15-20(29)16-32/h2-6,9,14,20-21,26H,7-8,10-13,15-16H2,1H3,(H,30,34). The Kier molecular flexibility index (Phi) is 8.29. The second-order valence-electron chi connectivity index (χ2n) is 10.2. The summed E-state index contributed by atoms with van der Waals surface area (Å²) in [6.07, 6.45) is 0.596. The zero-order valence-corrected chi connectivity index (χ0v) is 23.6. The first-order chi connectivity index (χ1) is 19.1. The SMILES string of the molecule is COCCS(=O)(=O)C(C(=O)CCC(=O)NC1CC1)c1nc2ccc(-c3ccc(C(=O)N4CC(F)C4)cc3)cc2s1. The number of rotatable bonds is 12. The summed E-state index contributed by atoms with van der Waals surface area (Å²) in [6.45, 7) is 0.167. The smallest absolute Gasteiger partial charge is 0.254 e. The van der Waals surface area contributed by atoms with Crippen LogP contribution in [0.2, 0.25) is 0 Å². The van der Waals surface area contributed by atoms with E-state index in [2.05, 4.69) is 10.3 Å². The number of hydrogen-bond donors (Lipinski definition) is 1. The number of halogens is 1. The van der Waals surface area contributed by atoms with Crippen molar-refractivity contribution in [2.75, 3.05) is 32.6 Å². The topological polar surface area (TPSA) is 123 Å². The Bertz CT molecular complexity index is 1530. The number of thiazole rings is 1. The van der Waals surface area contributed by atoms with Crippen LogP contribution in [0.1, 0.15) is 46.3 Å². The number of benzene rings is 2. The van der Waals surface area contributed by atoms with Crippen LogP contribution in [-0.2, 0) is 24.2 Å². The molecule has 212 valence electrons. The molecule has 1 unspecified atom stereocenters. The number of Topliss-reactive ketones (excluding diaryl/α,β-unsaturated/α-hetero) is 1. The van der Waals surface area contributed by atoms with Crippen LogP contribution in [0.25, 0.3) is 21.3 Å². The number of likely N-dealkylation sites (tertiary alicyclic amines) is 1. The van der Waals surface area contributed by atoms with E-state index in [1.54, 1.807) is 30.3 Å². The molecule has 2 heterocycles. The molecule has 0 spiro atoms. The van der Waals surface area contributed by atoms with Crippen molar-refractivity contribution in [3.05, 3.63) is 53.0 Å². The third kappa shape index (κ3) is 6.39. The van der Waals surface area contributed by atoms with E-state index < -0.39 is 27.0 Å². The van der Waals surface area contributed by atoms with Crippen LogP contribution < -0.4 is 5.32 Å². The van der Waals surface area contributed by atoms with Crippen molar-refractivity contribution >= 4 is 49.0 Å². The number of nitrogens with zero attached hydrogens (tertiary/aromatic N) is 2. The molecule has 1 saturated carbocycles. The van der Waals surface area contributed by atoms with Gasteiger partial charge in [-0.05, 0) is 48.2 Å². The van der Waals surface area contributed by atoms with Gasteiger partial charge in [-0.2, -0.15) is 0 Å². The van der Waals surface area contributed by atoms with Gasteiger partial charge in [-0.25, -0.2) is 17.8 Å². The fourth-order valence-corrected chi connectivity index (χ4v) is 7.63. The molecule has 1 saturated heterocycles. The third-order valence-electron chi connectivity index (χ3n) is 6.98. The van der Waals surface area contributed by atoms with E-state index in [-0.39, 0.29) is 61.2 Å². The van der Waals surface area contributed by atoms with Gasteiger partial charge in [0.1, 0.15) is 11.2 Å². The number of amides is 2. The normalized spacial score (nSPS) is 16.5. The van der Waals surface area contributed by atoms with Gasteiger partial charge >= 0.3 is 0 Å². The van der Waals surface area contributed by atoms with Crippen LogP contribution in [0.3, 0.4) is 0 Å². The molecule has 1 atom stereocenters. The van der Waals surface area contributed by atoms with Crippen molar-refractivity contribution in [1.82, 2.24) is 15.2 Å². The molecule has 2 aromatic carbocycles. The lowest BCUT2D eigenvalue weighted by Gasteiger charge is -2.34. The van der Waals surface area contributed by atoms with Gasteiger partial charge < -0.3 is 15.0 Å². The number of nitrogens with one attached hydrogen (secondary N) is 1. The lowest BCUT2D eigenvalue weighted by atomic mass is 10.0. The van der Waals surface area contributed by atoms with E-state index in [4.69, 9.17) is 4.74 Å². The largest absolute Gasteiger partial charge is 0.384 e. The Hall–Kier alpha value is -3.22. The van der Waals surface area contributed by atoms with Crippen molar-refractivity contribution in [3.63, 3.8) is 0 Å². The predicted octanol–water partition coefficient (Wildman–Crippen LogP) is 3.49.